The van der Waals surface area contributed by atoms with E-state index in [0.29, 0.717) is 12.2 Å². The number of carbonyl (C=O) groups excluding carboxylic acids is 1. The van der Waals surface area contributed by atoms with Crippen LogP contribution in [0.4, 0.5) is 0 Å². The molecule has 0 saturated carbocycles. The van der Waals surface area contributed by atoms with Gasteiger partial charge in [-0.15, -0.1) is 0 Å². The van der Waals surface area contributed by atoms with Crippen molar-refractivity contribution in [3.05, 3.63) is 84.2 Å². The lowest BCUT2D eigenvalue weighted by Crippen LogP contribution is -2.45. The second-order valence-corrected chi connectivity index (χ2v) is 7.15. The molecule has 0 bridgehead atoms. The van der Waals surface area contributed by atoms with E-state index in [1.165, 1.54) is 0 Å². The predicted octanol–water partition coefficient (Wildman–Crippen LogP) is 2.77. The largest absolute Gasteiger partial charge is 0.480 e. The molecule has 1 amide bonds. The Labute approximate surface area is 175 Å². The van der Waals surface area contributed by atoms with Gasteiger partial charge in [-0.25, -0.2) is 9.48 Å². The number of benzene rings is 2. The lowest BCUT2D eigenvalue weighted by Gasteiger charge is -2.19. The Balaban J connectivity index is 1.64. The van der Waals surface area contributed by atoms with Crippen molar-refractivity contribution in [1.82, 2.24) is 15.1 Å². The molecular formula is C22H23N3O3S. The van der Waals surface area contributed by atoms with Gasteiger partial charge in [-0.2, -0.15) is 17.7 Å². The molecule has 2 atom stereocenters. The van der Waals surface area contributed by atoms with Gasteiger partial charge in [-0.1, -0.05) is 42.5 Å². The molecule has 29 heavy (non-hydrogen) atoms. The van der Waals surface area contributed by atoms with E-state index in [-0.39, 0.29) is 12.3 Å². The lowest BCUT2D eigenvalue weighted by molar-refractivity contribution is -0.142. The van der Waals surface area contributed by atoms with Crippen LogP contribution in [-0.4, -0.2) is 38.6 Å². The molecule has 1 aromatic heterocycles. The van der Waals surface area contributed by atoms with E-state index < -0.39 is 17.9 Å². The summed E-state index contributed by atoms with van der Waals surface area (Å²) < 4.78 is 1.72. The number of carboxylic acid groups (broad SMARTS) is 1. The molecule has 0 saturated heterocycles. The zero-order valence-electron chi connectivity index (χ0n) is 15.8. The summed E-state index contributed by atoms with van der Waals surface area (Å²) in [6, 6.07) is 17.9. The first-order chi connectivity index (χ1) is 14.1. The van der Waals surface area contributed by atoms with E-state index in [1.54, 1.807) is 10.9 Å². The third-order valence-corrected chi connectivity index (χ3v) is 5.12. The molecule has 0 unspecified atom stereocenters. The van der Waals surface area contributed by atoms with Crippen LogP contribution < -0.4 is 5.32 Å². The molecule has 0 aliphatic heterocycles. The van der Waals surface area contributed by atoms with Gasteiger partial charge in [0.15, 0.2) is 0 Å². The van der Waals surface area contributed by atoms with Crippen LogP contribution in [0.3, 0.4) is 0 Å². The van der Waals surface area contributed by atoms with Crippen molar-refractivity contribution < 1.29 is 14.7 Å². The third-order valence-electron chi connectivity index (χ3n) is 4.68. The summed E-state index contributed by atoms with van der Waals surface area (Å²) in [5.74, 6) is -1.42. The number of nitrogens with zero attached hydrogens (tertiary/aromatic N) is 2. The Bertz CT molecular complexity index is 928. The fourth-order valence-corrected chi connectivity index (χ4v) is 3.37. The van der Waals surface area contributed by atoms with E-state index in [4.69, 9.17) is 0 Å². The van der Waals surface area contributed by atoms with Gasteiger partial charge in [0.1, 0.15) is 6.04 Å². The van der Waals surface area contributed by atoms with Gasteiger partial charge < -0.3 is 10.4 Å². The minimum Gasteiger partial charge on any atom is -0.480 e. The van der Waals surface area contributed by atoms with Crippen molar-refractivity contribution in [3.63, 3.8) is 0 Å². The summed E-state index contributed by atoms with van der Waals surface area (Å²) in [7, 11) is 0. The quantitative estimate of drug-likeness (QED) is 0.475. The van der Waals surface area contributed by atoms with Crippen LogP contribution >= 0.6 is 12.6 Å². The maximum absolute atomic E-state index is 12.7. The molecule has 0 fully saturated rings. The first-order valence-electron chi connectivity index (χ1n) is 9.33. The number of hydrogen-bond acceptors (Lipinski definition) is 4. The van der Waals surface area contributed by atoms with Crippen LogP contribution in [0, 0.1) is 5.92 Å². The van der Waals surface area contributed by atoms with Crippen molar-refractivity contribution in [3.8, 4) is 5.69 Å². The SMILES string of the molecule is O=C(N[C@@H](Cc1ccc(-n2cccn2)cc1)C(=O)O)[C@@H](CS)Cc1ccccc1. The highest BCUT2D eigenvalue weighted by molar-refractivity contribution is 7.80. The number of thiol groups is 1. The van der Waals surface area contributed by atoms with Gasteiger partial charge in [0.05, 0.1) is 11.6 Å². The average Bonchev–Trinajstić information content (AvgIpc) is 3.27. The maximum atomic E-state index is 12.7. The van der Waals surface area contributed by atoms with Crippen LogP contribution in [-0.2, 0) is 22.4 Å². The highest BCUT2D eigenvalue weighted by Crippen LogP contribution is 2.13. The molecule has 0 aliphatic rings. The molecule has 3 rings (SSSR count). The number of rotatable bonds is 9. The Morgan fingerprint density at radius 3 is 2.28 bits per heavy atom. The lowest BCUT2D eigenvalue weighted by atomic mass is 9.99. The third kappa shape index (κ3) is 5.71. The average molecular weight is 410 g/mol. The summed E-state index contributed by atoms with van der Waals surface area (Å²) in [6.45, 7) is 0. The van der Waals surface area contributed by atoms with E-state index in [1.807, 2.05) is 66.9 Å². The summed E-state index contributed by atoms with van der Waals surface area (Å²) >= 11 is 4.28. The summed E-state index contributed by atoms with van der Waals surface area (Å²) in [5.41, 5.74) is 2.72. The summed E-state index contributed by atoms with van der Waals surface area (Å²) in [4.78, 5) is 24.4. The summed E-state index contributed by atoms with van der Waals surface area (Å²) in [5, 5.41) is 16.4. The molecule has 0 aliphatic carbocycles. The topological polar surface area (TPSA) is 84.2 Å². The Morgan fingerprint density at radius 2 is 1.69 bits per heavy atom. The van der Waals surface area contributed by atoms with Gasteiger partial charge in [-0.3, -0.25) is 4.79 Å². The van der Waals surface area contributed by atoms with E-state index >= 15 is 0 Å². The fourth-order valence-electron chi connectivity index (χ4n) is 3.07. The Morgan fingerprint density at radius 1 is 1.00 bits per heavy atom. The zero-order chi connectivity index (χ0) is 20.6. The monoisotopic (exact) mass is 409 g/mol. The summed E-state index contributed by atoms with van der Waals surface area (Å²) in [6.07, 6.45) is 4.24. The predicted molar refractivity (Wildman–Crippen MR) is 114 cm³/mol. The van der Waals surface area contributed by atoms with Crippen molar-refractivity contribution in [1.29, 1.82) is 0 Å². The molecule has 6 nitrogen and oxygen atoms in total. The Hall–Kier alpha value is -3.06. The fraction of sp³-hybridized carbons (Fsp3) is 0.227. The van der Waals surface area contributed by atoms with Gasteiger partial charge in [-0.05, 0) is 35.7 Å². The van der Waals surface area contributed by atoms with Crippen molar-refractivity contribution >= 4 is 24.5 Å². The highest BCUT2D eigenvalue weighted by atomic mass is 32.1. The van der Waals surface area contributed by atoms with Crippen LogP contribution in [0.15, 0.2) is 73.1 Å². The molecule has 150 valence electrons. The van der Waals surface area contributed by atoms with Gasteiger partial charge in [0.25, 0.3) is 0 Å². The standard InChI is InChI=1S/C22H23N3O3S/c26-21(18(15-29)13-16-5-2-1-3-6-16)24-20(22(27)28)14-17-7-9-19(10-8-17)25-12-4-11-23-25/h1-12,18,20,29H,13-15H2,(H,24,26)(H,27,28)/t18-,20+/m1/s1. The van der Waals surface area contributed by atoms with Crippen molar-refractivity contribution in [2.75, 3.05) is 5.75 Å². The van der Waals surface area contributed by atoms with E-state index in [0.717, 1.165) is 16.8 Å². The number of aromatic nitrogens is 2. The first-order valence-corrected chi connectivity index (χ1v) is 9.97. The van der Waals surface area contributed by atoms with Crippen LogP contribution in [0.25, 0.3) is 5.69 Å². The number of hydrogen-bond donors (Lipinski definition) is 3. The normalized spacial score (nSPS) is 12.9. The highest BCUT2D eigenvalue weighted by Gasteiger charge is 2.25. The van der Waals surface area contributed by atoms with Crippen molar-refractivity contribution in [2.45, 2.75) is 18.9 Å². The van der Waals surface area contributed by atoms with Gasteiger partial charge in [0, 0.05) is 24.6 Å². The molecule has 1 heterocycles. The maximum Gasteiger partial charge on any atom is 0.326 e. The molecule has 2 N–H and O–H groups in total. The van der Waals surface area contributed by atoms with E-state index in [2.05, 4.69) is 23.0 Å². The van der Waals surface area contributed by atoms with Crippen LogP contribution in [0.5, 0.6) is 0 Å². The number of amides is 1. The van der Waals surface area contributed by atoms with Crippen LogP contribution in [0.1, 0.15) is 11.1 Å². The number of carboxylic acids is 1. The number of aliphatic carboxylic acids is 1. The molecule has 0 spiro atoms. The molecular weight excluding hydrogens is 386 g/mol. The van der Waals surface area contributed by atoms with Crippen molar-refractivity contribution in [2.24, 2.45) is 5.92 Å². The number of carbonyl (C=O) groups is 2. The smallest absolute Gasteiger partial charge is 0.326 e. The number of nitrogens with one attached hydrogen (secondary N) is 1. The zero-order valence-corrected chi connectivity index (χ0v) is 16.7. The second kappa shape index (κ2) is 9.93. The molecule has 7 heteroatoms. The first kappa shape index (κ1) is 20.7. The van der Waals surface area contributed by atoms with Gasteiger partial charge in [0.2, 0.25) is 5.91 Å². The molecule has 3 aromatic rings. The minimum absolute atomic E-state index is 0.199. The van der Waals surface area contributed by atoms with Crippen LogP contribution in [0.2, 0.25) is 0 Å². The van der Waals surface area contributed by atoms with Gasteiger partial charge >= 0.3 is 5.97 Å². The minimum atomic E-state index is -1.06. The Kier molecular flexibility index (Phi) is 7.08. The molecule has 2 aromatic carbocycles. The molecule has 0 radical (unpaired) electrons. The second-order valence-electron chi connectivity index (χ2n) is 6.79. The van der Waals surface area contributed by atoms with E-state index in [9.17, 15) is 14.7 Å².